The molecule has 23 heavy (non-hydrogen) atoms. The highest BCUT2D eigenvalue weighted by molar-refractivity contribution is 5.92. The van der Waals surface area contributed by atoms with Gasteiger partial charge < -0.3 is 4.42 Å². The number of para-hydroxylation sites is 2. The monoisotopic (exact) mass is 305 g/mol. The zero-order chi connectivity index (χ0) is 15.8. The highest BCUT2D eigenvalue weighted by atomic mass is 16.3. The summed E-state index contributed by atoms with van der Waals surface area (Å²) in [6, 6.07) is 13.6. The topological polar surface area (TPSA) is 60.1 Å². The van der Waals surface area contributed by atoms with Gasteiger partial charge in [-0.1, -0.05) is 24.3 Å². The van der Waals surface area contributed by atoms with Crippen LogP contribution in [0.4, 0.5) is 0 Å². The van der Waals surface area contributed by atoms with E-state index < -0.39 is 0 Å². The number of carbonyl (C=O) groups excluding carboxylic acids is 1. The molecule has 1 amide bonds. The lowest BCUT2D eigenvalue weighted by atomic mass is 10.1. The minimum Gasteiger partial charge on any atom is -0.464 e. The first kappa shape index (κ1) is 13.6. The van der Waals surface area contributed by atoms with Crippen LogP contribution >= 0.6 is 0 Å². The number of hydrogen-bond donors (Lipinski definition) is 1. The van der Waals surface area contributed by atoms with Gasteiger partial charge in [-0.15, -0.1) is 0 Å². The predicted octanol–water partition coefficient (Wildman–Crippen LogP) is 3.40. The Morgan fingerprint density at radius 3 is 3.04 bits per heavy atom. The van der Waals surface area contributed by atoms with Crippen LogP contribution in [-0.4, -0.2) is 15.6 Å². The fourth-order valence-corrected chi connectivity index (χ4v) is 2.72. The Morgan fingerprint density at radius 2 is 2.13 bits per heavy atom. The van der Waals surface area contributed by atoms with Crippen molar-refractivity contribution in [1.29, 1.82) is 0 Å². The summed E-state index contributed by atoms with van der Waals surface area (Å²) in [5, 5.41) is 0.973. The average molecular weight is 305 g/mol. The van der Waals surface area contributed by atoms with Crippen LogP contribution in [0.5, 0.6) is 0 Å². The van der Waals surface area contributed by atoms with E-state index in [1.807, 2.05) is 49.4 Å². The van der Waals surface area contributed by atoms with Gasteiger partial charge in [-0.25, -0.2) is 9.66 Å². The Kier molecular flexibility index (Phi) is 3.12. The van der Waals surface area contributed by atoms with E-state index in [2.05, 4.69) is 10.4 Å². The van der Waals surface area contributed by atoms with E-state index in [0.29, 0.717) is 0 Å². The summed E-state index contributed by atoms with van der Waals surface area (Å²) in [4.78, 5) is 16.6. The number of nitrogens with one attached hydrogen (secondary N) is 1. The average Bonchev–Trinajstić information content (AvgIpc) is 3.12. The van der Waals surface area contributed by atoms with Crippen LogP contribution in [0.3, 0.4) is 0 Å². The number of fused-ring (bicyclic) bond motifs is 2. The molecule has 5 nitrogen and oxygen atoms in total. The van der Waals surface area contributed by atoms with E-state index in [9.17, 15) is 4.79 Å². The second-order valence-corrected chi connectivity index (χ2v) is 5.58. The minimum atomic E-state index is -0.114. The van der Waals surface area contributed by atoms with Gasteiger partial charge in [0.05, 0.1) is 23.7 Å². The van der Waals surface area contributed by atoms with Crippen LogP contribution in [0.2, 0.25) is 0 Å². The molecule has 0 saturated carbocycles. The lowest BCUT2D eigenvalue weighted by Gasteiger charge is -2.06. The second-order valence-electron chi connectivity index (χ2n) is 5.58. The van der Waals surface area contributed by atoms with Crippen LogP contribution in [0.1, 0.15) is 11.1 Å². The molecule has 0 saturated heterocycles. The first-order valence-corrected chi connectivity index (χ1v) is 7.39. The molecule has 5 heteroatoms. The van der Waals surface area contributed by atoms with Crippen molar-refractivity contribution in [3.05, 3.63) is 66.2 Å². The Morgan fingerprint density at radius 1 is 1.26 bits per heavy atom. The Balaban J connectivity index is 1.57. The summed E-state index contributed by atoms with van der Waals surface area (Å²) in [6.07, 6.45) is 3.51. The summed E-state index contributed by atoms with van der Waals surface area (Å²) in [6.45, 7) is 2.01. The highest BCUT2D eigenvalue weighted by Gasteiger charge is 2.12. The molecule has 2 aromatic carbocycles. The first-order valence-electron chi connectivity index (χ1n) is 7.39. The molecule has 0 atom stereocenters. The standard InChI is InChI=1S/C18H15N3O2/c1-12-6-7-14-13(10-23-17(14)8-12)9-18(22)20-21-11-19-15-4-2-3-5-16(15)21/h2-8,10-11H,9H2,1H3,(H,20,22). The molecule has 1 N–H and O–H groups in total. The largest absolute Gasteiger partial charge is 0.464 e. The number of rotatable bonds is 3. The highest BCUT2D eigenvalue weighted by Crippen LogP contribution is 2.22. The lowest BCUT2D eigenvalue weighted by molar-refractivity contribution is -0.116. The van der Waals surface area contributed by atoms with Crippen LogP contribution in [0.25, 0.3) is 22.0 Å². The van der Waals surface area contributed by atoms with E-state index in [4.69, 9.17) is 4.42 Å². The van der Waals surface area contributed by atoms with E-state index in [-0.39, 0.29) is 12.3 Å². The molecule has 0 fully saturated rings. The van der Waals surface area contributed by atoms with Gasteiger partial charge in [-0.3, -0.25) is 10.2 Å². The quantitative estimate of drug-likeness (QED) is 0.631. The normalized spacial score (nSPS) is 11.2. The molecule has 2 heterocycles. The number of imidazole rings is 1. The summed E-state index contributed by atoms with van der Waals surface area (Å²) >= 11 is 0. The van der Waals surface area contributed by atoms with Gasteiger partial charge >= 0.3 is 0 Å². The molecular weight excluding hydrogens is 290 g/mol. The van der Waals surface area contributed by atoms with Crippen molar-refractivity contribution in [2.24, 2.45) is 0 Å². The summed E-state index contributed by atoms with van der Waals surface area (Å²) < 4.78 is 7.18. The maximum Gasteiger partial charge on any atom is 0.243 e. The third kappa shape index (κ3) is 2.46. The van der Waals surface area contributed by atoms with Crippen LogP contribution in [0.15, 0.2) is 59.5 Å². The van der Waals surface area contributed by atoms with Crippen molar-refractivity contribution in [2.75, 3.05) is 5.43 Å². The third-order valence-corrected chi connectivity index (χ3v) is 3.86. The SMILES string of the molecule is Cc1ccc2c(CC(=O)Nn3cnc4ccccc43)coc2c1. The molecule has 2 aromatic heterocycles. The molecule has 114 valence electrons. The van der Waals surface area contributed by atoms with Gasteiger partial charge in [0.1, 0.15) is 11.9 Å². The maximum atomic E-state index is 12.3. The van der Waals surface area contributed by atoms with E-state index in [1.54, 1.807) is 17.3 Å². The van der Waals surface area contributed by atoms with Crippen molar-refractivity contribution in [1.82, 2.24) is 9.66 Å². The van der Waals surface area contributed by atoms with Crippen molar-refractivity contribution < 1.29 is 9.21 Å². The second kappa shape index (κ2) is 5.28. The molecule has 0 unspecified atom stereocenters. The number of carbonyl (C=O) groups is 1. The molecule has 0 aliphatic rings. The van der Waals surface area contributed by atoms with Crippen molar-refractivity contribution in [2.45, 2.75) is 13.3 Å². The molecule has 0 radical (unpaired) electrons. The minimum absolute atomic E-state index is 0.114. The van der Waals surface area contributed by atoms with E-state index in [1.165, 1.54) is 0 Å². The van der Waals surface area contributed by atoms with Crippen LogP contribution < -0.4 is 5.43 Å². The molecular formula is C18H15N3O2. The summed E-state index contributed by atoms with van der Waals surface area (Å²) in [7, 11) is 0. The van der Waals surface area contributed by atoms with Gasteiger partial charge in [0, 0.05) is 10.9 Å². The summed E-state index contributed by atoms with van der Waals surface area (Å²) in [5.74, 6) is -0.114. The van der Waals surface area contributed by atoms with Gasteiger partial charge in [-0.05, 0) is 30.7 Å². The molecule has 4 aromatic rings. The van der Waals surface area contributed by atoms with Gasteiger partial charge in [0.15, 0.2) is 0 Å². The smallest absolute Gasteiger partial charge is 0.243 e. The molecule has 0 bridgehead atoms. The molecule has 0 spiro atoms. The molecule has 4 rings (SSSR count). The van der Waals surface area contributed by atoms with Crippen molar-refractivity contribution >= 4 is 27.9 Å². The van der Waals surface area contributed by atoms with Gasteiger partial charge in [0.25, 0.3) is 0 Å². The number of hydrogen-bond acceptors (Lipinski definition) is 3. The van der Waals surface area contributed by atoms with E-state index >= 15 is 0 Å². The number of benzene rings is 2. The maximum absolute atomic E-state index is 12.3. The molecule has 0 aliphatic carbocycles. The Hall–Kier alpha value is -3.08. The van der Waals surface area contributed by atoms with Crippen molar-refractivity contribution in [3.8, 4) is 0 Å². The lowest BCUT2D eigenvalue weighted by Crippen LogP contribution is -2.23. The van der Waals surface area contributed by atoms with Crippen LogP contribution in [0, 0.1) is 6.92 Å². The number of furan rings is 1. The van der Waals surface area contributed by atoms with Gasteiger partial charge in [0.2, 0.25) is 5.91 Å². The Bertz CT molecular complexity index is 1010. The number of aryl methyl sites for hydroxylation is 1. The number of aromatic nitrogens is 2. The Labute approximate surface area is 132 Å². The number of amides is 1. The third-order valence-electron chi connectivity index (χ3n) is 3.86. The molecule has 0 aliphatic heterocycles. The zero-order valence-electron chi connectivity index (χ0n) is 12.6. The van der Waals surface area contributed by atoms with E-state index in [0.717, 1.165) is 33.1 Å². The van der Waals surface area contributed by atoms with Crippen LogP contribution in [-0.2, 0) is 11.2 Å². The zero-order valence-corrected chi connectivity index (χ0v) is 12.6. The number of nitrogens with zero attached hydrogens (tertiary/aromatic N) is 2. The fourth-order valence-electron chi connectivity index (χ4n) is 2.72. The first-order chi connectivity index (χ1) is 11.2. The fraction of sp³-hybridized carbons (Fsp3) is 0.111. The predicted molar refractivity (Wildman–Crippen MR) is 88.8 cm³/mol. The van der Waals surface area contributed by atoms with Gasteiger partial charge in [-0.2, -0.15) is 0 Å². The summed E-state index contributed by atoms with van der Waals surface area (Å²) in [5.41, 5.74) is 7.38. The van der Waals surface area contributed by atoms with Crippen molar-refractivity contribution in [3.63, 3.8) is 0 Å².